The maximum atomic E-state index is 16.1. The number of carbonyl (C=O) groups excluding carboxylic acids is 1. The fourth-order valence-corrected chi connectivity index (χ4v) is 15.3. The molecule has 4 aromatic heterocycles. The lowest BCUT2D eigenvalue weighted by Gasteiger charge is -2.33. The number of phosphoric acid groups is 2. The van der Waals surface area contributed by atoms with E-state index < -0.39 is 82.0 Å². The van der Waals surface area contributed by atoms with E-state index in [1.807, 2.05) is 20.8 Å². The Morgan fingerprint density at radius 2 is 1.14 bits per heavy atom. The van der Waals surface area contributed by atoms with Gasteiger partial charge in [-0.05, 0) is 40.5 Å². The normalized spacial score (nSPS) is 24.1. The van der Waals surface area contributed by atoms with E-state index >= 15 is 8.78 Å². The number of aliphatic hydroxyl groups is 1. The fraction of sp³-hybridized carbons (Fsp3) is 0.841. The van der Waals surface area contributed by atoms with Gasteiger partial charge in [0.2, 0.25) is 0 Å². The highest BCUT2D eigenvalue weighted by Gasteiger charge is 2.62. The van der Waals surface area contributed by atoms with E-state index in [-0.39, 0.29) is 44.7 Å². The SMILES string of the molecule is C.CCCCCCCCCCCCCCCCOCC(COP(=O)(O)OC[C@H]1O[C@@H](n2cnc3c(NC)nc(C)nc32)[C@](C)(F)[C@@H]1O)OCCCCCCCCCCCCCCCC.CNc1nc(C)nc2c1ncn2[C@@H]1O[C@@H]2COP(=O)(OCCSC(=O)C(C)(C)C)O[C@H]2[C@@]1(C)F. The van der Waals surface area contributed by atoms with Crippen molar-refractivity contribution < 1.29 is 74.3 Å². The Morgan fingerprint density at radius 3 is 1.60 bits per heavy atom. The van der Waals surface area contributed by atoms with E-state index in [4.69, 9.17) is 41.6 Å². The number of imidazole rings is 2. The molecule has 3 saturated heterocycles. The van der Waals surface area contributed by atoms with Crippen molar-refractivity contribution in [2.24, 2.45) is 5.41 Å². The highest BCUT2D eigenvalue weighted by atomic mass is 32.2. The number of hydrogen-bond donors (Lipinski definition) is 4. The summed E-state index contributed by atoms with van der Waals surface area (Å²) >= 11 is 1.07. The molecule has 0 amide bonds. The minimum absolute atomic E-state index is 0. The number of carbonyl (C=O) groups is 1. The van der Waals surface area contributed by atoms with Crippen LogP contribution in [0.25, 0.3) is 22.3 Å². The van der Waals surface area contributed by atoms with Gasteiger partial charge in [-0.25, -0.2) is 47.8 Å². The fourth-order valence-electron chi connectivity index (χ4n) is 12.2. The largest absolute Gasteiger partial charge is 0.475 e. The Kier molecular flexibility index (Phi) is 37.4. The Hall–Kier alpha value is -3.40. The van der Waals surface area contributed by atoms with Crippen LogP contribution in [-0.2, 0) is 55.5 Å². The van der Waals surface area contributed by atoms with Crippen LogP contribution in [0.4, 0.5) is 20.4 Å². The first-order valence-electron chi connectivity index (χ1n) is 36.1. The molecule has 0 spiro atoms. The maximum Gasteiger partial charge on any atom is 0.475 e. The van der Waals surface area contributed by atoms with Gasteiger partial charge in [0.25, 0.3) is 0 Å². The number of hydrogen-bond acceptors (Lipinski definition) is 22. The van der Waals surface area contributed by atoms with E-state index in [9.17, 15) is 23.9 Å². The predicted molar refractivity (Wildman–Crippen MR) is 383 cm³/mol. The molecule has 3 aliphatic heterocycles. The number of alkyl halides is 2. The third kappa shape index (κ3) is 26.7. The number of phosphoric ester groups is 2. The summed E-state index contributed by atoms with van der Waals surface area (Å²) in [6.07, 6.45) is 30.5. The van der Waals surface area contributed by atoms with Crippen LogP contribution in [0.3, 0.4) is 0 Å². The van der Waals surface area contributed by atoms with Gasteiger partial charge in [-0.2, -0.15) is 0 Å². The first-order valence-corrected chi connectivity index (χ1v) is 40.0. The zero-order valence-corrected chi connectivity index (χ0v) is 62.7. The second-order valence-corrected chi connectivity index (χ2v) is 31.6. The van der Waals surface area contributed by atoms with Crippen molar-refractivity contribution in [1.29, 1.82) is 0 Å². The molecule has 7 heterocycles. The van der Waals surface area contributed by atoms with Crippen molar-refractivity contribution >= 4 is 66.5 Å². The third-order valence-corrected chi connectivity index (χ3v) is 21.5. The molecule has 3 fully saturated rings. The summed E-state index contributed by atoms with van der Waals surface area (Å²) in [5.74, 6) is 2.16. The third-order valence-electron chi connectivity index (χ3n) is 17.9. The van der Waals surface area contributed by atoms with Gasteiger partial charge in [0.15, 0.2) is 62.9 Å². The molecule has 0 radical (unpaired) electrons. The van der Waals surface area contributed by atoms with Gasteiger partial charge in [-0.15, -0.1) is 0 Å². The van der Waals surface area contributed by atoms with Crippen LogP contribution in [0.15, 0.2) is 12.7 Å². The molecule has 3 unspecified atom stereocenters. The molecule has 29 heteroatoms. The van der Waals surface area contributed by atoms with E-state index in [0.717, 1.165) is 43.9 Å². The van der Waals surface area contributed by atoms with Crippen molar-refractivity contribution in [1.82, 2.24) is 39.0 Å². The summed E-state index contributed by atoms with van der Waals surface area (Å²) in [6.45, 7) is 16.2. The van der Waals surface area contributed by atoms with Crippen molar-refractivity contribution in [2.75, 3.05) is 76.7 Å². The number of aryl methyl sites for hydroxylation is 2. The lowest BCUT2D eigenvalue weighted by molar-refractivity contribution is -0.117. The van der Waals surface area contributed by atoms with Gasteiger partial charge < -0.3 is 39.6 Å². The van der Waals surface area contributed by atoms with Crippen LogP contribution in [0.5, 0.6) is 0 Å². The Morgan fingerprint density at radius 1 is 0.694 bits per heavy atom. The molecule has 7 rings (SSSR count). The van der Waals surface area contributed by atoms with Crippen molar-refractivity contribution in [3.8, 4) is 0 Å². The first kappa shape index (κ1) is 85.2. The van der Waals surface area contributed by atoms with E-state index in [0.29, 0.717) is 58.8 Å². The summed E-state index contributed by atoms with van der Waals surface area (Å²) in [6, 6.07) is 0. The van der Waals surface area contributed by atoms with Crippen LogP contribution in [-0.4, -0.2) is 162 Å². The molecule has 98 heavy (non-hydrogen) atoms. The van der Waals surface area contributed by atoms with Gasteiger partial charge in [-0.1, -0.05) is 221 Å². The number of aliphatic hydroxyl groups excluding tert-OH is 1. The quantitative estimate of drug-likeness (QED) is 0.0236. The van der Waals surface area contributed by atoms with Gasteiger partial charge in [0.1, 0.15) is 42.2 Å². The molecule has 3 aliphatic rings. The number of halogens is 2. The molecular weight excluding hydrogens is 1320 g/mol. The van der Waals surface area contributed by atoms with E-state index in [1.165, 1.54) is 183 Å². The second-order valence-electron chi connectivity index (χ2n) is 27.5. The summed E-state index contributed by atoms with van der Waals surface area (Å²) in [5.41, 5.74) is -3.32. The Balaban J connectivity index is 0.000000414. The van der Waals surface area contributed by atoms with Gasteiger partial charge in [0, 0.05) is 38.5 Å². The molecule has 4 N–H and O–H groups in total. The molecule has 0 saturated carbocycles. The summed E-state index contributed by atoms with van der Waals surface area (Å²) < 4.78 is 112. The second kappa shape index (κ2) is 43.0. The topological polar surface area (TPSA) is 286 Å². The minimum atomic E-state index is -4.65. The molecule has 0 aromatic carbocycles. The molecule has 0 bridgehead atoms. The Labute approximate surface area is 587 Å². The molecule has 562 valence electrons. The van der Waals surface area contributed by atoms with Gasteiger partial charge in [-0.3, -0.25) is 36.5 Å². The number of thioether (sulfide) groups is 1. The number of anilines is 2. The molecule has 4 aromatic rings. The van der Waals surface area contributed by atoms with Crippen molar-refractivity contribution in [3.63, 3.8) is 0 Å². The van der Waals surface area contributed by atoms with Crippen molar-refractivity contribution in [2.45, 2.75) is 304 Å². The average Bonchev–Trinajstić information content (AvgIpc) is 1.43. The zero-order valence-electron chi connectivity index (χ0n) is 60.1. The summed E-state index contributed by atoms with van der Waals surface area (Å²) in [7, 11) is -5.29. The van der Waals surface area contributed by atoms with Gasteiger partial charge >= 0.3 is 15.6 Å². The highest BCUT2D eigenvalue weighted by molar-refractivity contribution is 8.13. The molecule has 0 aliphatic carbocycles. The van der Waals surface area contributed by atoms with E-state index in [2.05, 4.69) is 54.4 Å². The van der Waals surface area contributed by atoms with E-state index in [1.54, 1.807) is 27.9 Å². The average molecular weight is 1450 g/mol. The number of nitrogens with zero attached hydrogens (tertiary/aromatic N) is 8. The minimum Gasteiger partial charge on any atom is -0.387 e. The predicted octanol–water partition coefficient (Wildman–Crippen LogP) is 16.9. The van der Waals surface area contributed by atoms with Gasteiger partial charge in [0.05, 0.1) is 45.7 Å². The number of nitrogens with one attached hydrogen (secondary N) is 2. The standard InChI is InChI=1S/C48H89FN5O8P.C20H29FN5O6PS.CH4/c1-6-8-10-12-14-16-18-20-22-24-26-28-30-32-34-58-36-41(59-35-33-31-29-27-25-23-21-19-17-15-13-11-9-7-2)37-60-63(56,57)61-38-42-44(55)48(4,49)47(62-42)54-39-51-43-45(50-5)52-40(3)53-46(43)54;1-11-24-15(22-6)13-16(25-11)26(10-23-13)17-20(5,21)14-12(31-17)9-30-33(28,32-14)29-7-8-34-18(27)19(2,3)4;/h39,41-42,44,47,55H,6-38H2,1-5H3,(H,56,57)(H,50,52,53);10,12,14,17H,7-9H2,1-6H3,(H,22,24,25);1H4/t41?,42-,44-,47-,48-;12-,14-,17-,20-,33?;/m11./s1. The highest BCUT2D eigenvalue weighted by Crippen LogP contribution is 2.60. The number of rotatable bonds is 47. The molecule has 24 nitrogen and oxygen atoms in total. The van der Waals surface area contributed by atoms with Crippen molar-refractivity contribution in [3.05, 3.63) is 24.3 Å². The number of ether oxygens (including phenoxy) is 4. The zero-order chi connectivity index (χ0) is 70.5. The van der Waals surface area contributed by atoms with Crippen LogP contribution in [0.2, 0.25) is 0 Å². The summed E-state index contributed by atoms with van der Waals surface area (Å²) in [5, 5.41) is 16.8. The lowest BCUT2D eigenvalue weighted by Crippen LogP contribution is -2.44. The van der Waals surface area contributed by atoms with Crippen LogP contribution in [0.1, 0.15) is 260 Å². The maximum absolute atomic E-state index is 16.1. The van der Waals surface area contributed by atoms with Crippen LogP contribution >= 0.6 is 27.4 Å². The van der Waals surface area contributed by atoms with Crippen LogP contribution < -0.4 is 10.6 Å². The lowest BCUT2D eigenvalue weighted by atomic mass is 9.98. The smallest absolute Gasteiger partial charge is 0.387 e. The number of fused-ring (bicyclic) bond motifs is 3. The molecular formula is C69H122F2N10O14P2S. The molecule has 11 atom stereocenters. The number of aromatic nitrogens is 8. The number of unbranched alkanes of at least 4 members (excludes halogenated alkanes) is 26. The first-order chi connectivity index (χ1) is 46.4. The summed E-state index contributed by atoms with van der Waals surface area (Å²) in [4.78, 5) is 48.8. The monoisotopic (exact) mass is 1450 g/mol. The Bertz CT molecular complexity index is 3040. The van der Waals surface area contributed by atoms with Crippen LogP contribution in [0, 0.1) is 19.3 Å².